The van der Waals surface area contributed by atoms with Gasteiger partial charge in [0.2, 0.25) is 0 Å². The Bertz CT molecular complexity index is 808. The van der Waals surface area contributed by atoms with Gasteiger partial charge in [-0.05, 0) is 104 Å². The second-order valence-corrected chi connectivity index (χ2v) is 13.8. The molecular formula is C29H47NO4. The predicted octanol–water partition coefficient (Wildman–Crippen LogP) is 5.30. The van der Waals surface area contributed by atoms with Crippen LogP contribution in [0.2, 0.25) is 0 Å². The van der Waals surface area contributed by atoms with Gasteiger partial charge in [0.25, 0.3) is 0 Å². The highest BCUT2D eigenvalue weighted by molar-refractivity contribution is 5.71. The van der Waals surface area contributed by atoms with E-state index in [1.165, 1.54) is 44.9 Å². The van der Waals surface area contributed by atoms with Crippen LogP contribution in [0.1, 0.15) is 91.9 Å². The number of ether oxygens (including phenoxy) is 3. The SMILES string of the molecule is C[C@H]1CC[C@@]2(OC1)OC1CC3C4CCC5C[C@H](OC(=O)CN)CC[C@]5(C)C4CC[C@]3(C)C1[C@@H]2C. The average molecular weight is 474 g/mol. The van der Waals surface area contributed by atoms with Crippen LogP contribution in [-0.2, 0) is 19.0 Å². The van der Waals surface area contributed by atoms with E-state index in [4.69, 9.17) is 19.9 Å². The van der Waals surface area contributed by atoms with E-state index in [1.54, 1.807) is 0 Å². The zero-order chi connectivity index (χ0) is 23.9. The topological polar surface area (TPSA) is 70.8 Å². The standard InChI is InChI=1S/C29H47NO4/c1-17-7-12-29(32-16-17)18(2)26-24(34-29)14-23-21-6-5-19-13-20(33-25(31)15-30)8-10-27(19,3)22(21)9-11-28(23,26)4/h17-24,26H,5-16,30H2,1-4H3/t17-,18-,19?,20+,21?,22?,23?,24?,26?,27-,28-,29+/m0/s1. The van der Waals surface area contributed by atoms with E-state index >= 15 is 0 Å². The number of fused-ring (bicyclic) bond motifs is 7. The van der Waals surface area contributed by atoms with Crippen molar-refractivity contribution in [3.8, 4) is 0 Å². The summed E-state index contributed by atoms with van der Waals surface area (Å²) in [6.45, 7) is 10.8. The van der Waals surface area contributed by atoms with Crippen molar-refractivity contribution in [2.24, 2.45) is 58.0 Å². The summed E-state index contributed by atoms with van der Waals surface area (Å²) in [5.41, 5.74) is 6.28. The van der Waals surface area contributed by atoms with Gasteiger partial charge >= 0.3 is 5.97 Å². The Labute approximate surface area is 206 Å². The molecule has 4 saturated carbocycles. The second-order valence-electron chi connectivity index (χ2n) is 13.8. The Kier molecular flexibility index (Phi) is 5.71. The van der Waals surface area contributed by atoms with Gasteiger partial charge in [-0.3, -0.25) is 4.79 Å². The van der Waals surface area contributed by atoms with Gasteiger partial charge in [-0.25, -0.2) is 0 Å². The third-order valence-electron chi connectivity index (χ3n) is 12.3. The Morgan fingerprint density at radius 2 is 1.76 bits per heavy atom. The van der Waals surface area contributed by atoms with E-state index in [0.717, 1.165) is 43.6 Å². The van der Waals surface area contributed by atoms with Crippen LogP contribution < -0.4 is 5.73 Å². The van der Waals surface area contributed by atoms with Gasteiger partial charge in [0.05, 0.1) is 19.3 Å². The molecule has 6 unspecified atom stereocenters. The molecule has 2 N–H and O–H groups in total. The van der Waals surface area contributed by atoms with Crippen LogP contribution in [0.15, 0.2) is 0 Å². The first-order chi connectivity index (χ1) is 16.2. The first kappa shape index (κ1) is 23.7. The van der Waals surface area contributed by atoms with Gasteiger partial charge in [0.15, 0.2) is 5.79 Å². The molecule has 0 amide bonds. The van der Waals surface area contributed by atoms with Gasteiger partial charge in [0.1, 0.15) is 6.10 Å². The minimum absolute atomic E-state index is 0.00241. The number of nitrogens with two attached hydrogens (primary N) is 1. The maximum absolute atomic E-state index is 11.8. The van der Waals surface area contributed by atoms with Crippen molar-refractivity contribution in [1.29, 1.82) is 0 Å². The van der Waals surface area contributed by atoms with Crippen molar-refractivity contribution in [3.05, 3.63) is 0 Å². The van der Waals surface area contributed by atoms with E-state index in [1.807, 2.05) is 0 Å². The Hall–Kier alpha value is -0.650. The molecule has 2 saturated heterocycles. The van der Waals surface area contributed by atoms with Crippen molar-refractivity contribution >= 4 is 5.97 Å². The van der Waals surface area contributed by atoms with E-state index in [9.17, 15) is 4.79 Å². The van der Waals surface area contributed by atoms with Crippen LogP contribution in [0.25, 0.3) is 0 Å². The highest BCUT2D eigenvalue weighted by Gasteiger charge is 2.69. The molecule has 5 heteroatoms. The number of rotatable bonds is 2. The summed E-state index contributed by atoms with van der Waals surface area (Å²) in [5.74, 6) is 4.35. The Morgan fingerprint density at radius 1 is 0.971 bits per heavy atom. The van der Waals surface area contributed by atoms with E-state index in [2.05, 4.69) is 27.7 Å². The summed E-state index contributed by atoms with van der Waals surface area (Å²) in [5, 5.41) is 0. The molecule has 0 radical (unpaired) electrons. The molecule has 0 bridgehead atoms. The molecule has 0 aromatic rings. The average Bonchev–Trinajstić information content (AvgIpc) is 3.26. The summed E-state index contributed by atoms with van der Waals surface area (Å²) < 4.78 is 19.1. The number of carbonyl (C=O) groups excluding carboxylic acids is 1. The van der Waals surface area contributed by atoms with Crippen molar-refractivity contribution in [2.75, 3.05) is 13.2 Å². The summed E-state index contributed by atoms with van der Waals surface area (Å²) in [4.78, 5) is 11.8. The smallest absolute Gasteiger partial charge is 0.319 e. The molecule has 5 nitrogen and oxygen atoms in total. The lowest BCUT2D eigenvalue weighted by Gasteiger charge is -2.61. The molecule has 0 aromatic heterocycles. The van der Waals surface area contributed by atoms with Crippen LogP contribution >= 0.6 is 0 Å². The van der Waals surface area contributed by atoms with Crippen molar-refractivity contribution in [1.82, 2.24) is 0 Å². The molecule has 4 aliphatic carbocycles. The van der Waals surface area contributed by atoms with Gasteiger partial charge in [-0.1, -0.05) is 27.7 Å². The normalized spacial score (nSPS) is 56.3. The quantitative estimate of drug-likeness (QED) is 0.551. The second kappa shape index (κ2) is 8.18. The molecule has 2 heterocycles. The molecule has 2 aliphatic heterocycles. The number of hydrogen-bond donors (Lipinski definition) is 1. The predicted molar refractivity (Wildman–Crippen MR) is 131 cm³/mol. The summed E-state index contributed by atoms with van der Waals surface area (Å²) in [7, 11) is 0. The van der Waals surface area contributed by atoms with Crippen LogP contribution in [0.4, 0.5) is 0 Å². The molecule has 192 valence electrons. The number of carbonyl (C=O) groups is 1. The maximum atomic E-state index is 11.8. The Balaban J connectivity index is 1.19. The lowest BCUT2D eigenvalue weighted by Crippen LogP contribution is -2.55. The lowest BCUT2D eigenvalue weighted by atomic mass is 9.44. The zero-order valence-corrected chi connectivity index (χ0v) is 21.9. The minimum Gasteiger partial charge on any atom is -0.461 e. The maximum Gasteiger partial charge on any atom is 0.319 e. The summed E-state index contributed by atoms with van der Waals surface area (Å²) in [6.07, 6.45) is 12.6. The van der Waals surface area contributed by atoms with Crippen LogP contribution in [0, 0.1) is 52.3 Å². The first-order valence-corrected chi connectivity index (χ1v) is 14.4. The summed E-state index contributed by atoms with van der Waals surface area (Å²) >= 11 is 0. The molecule has 12 atom stereocenters. The third-order valence-corrected chi connectivity index (χ3v) is 12.3. The van der Waals surface area contributed by atoms with Gasteiger partial charge < -0.3 is 19.9 Å². The first-order valence-electron chi connectivity index (χ1n) is 14.4. The van der Waals surface area contributed by atoms with Crippen LogP contribution in [0.3, 0.4) is 0 Å². The van der Waals surface area contributed by atoms with Crippen molar-refractivity contribution < 1.29 is 19.0 Å². The summed E-state index contributed by atoms with van der Waals surface area (Å²) in [6, 6.07) is 0. The monoisotopic (exact) mass is 473 g/mol. The minimum atomic E-state index is -0.310. The molecule has 1 spiro atoms. The van der Waals surface area contributed by atoms with Crippen molar-refractivity contribution in [3.63, 3.8) is 0 Å². The highest BCUT2D eigenvalue weighted by atomic mass is 16.7. The molecule has 0 aromatic carbocycles. The van der Waals surface area contributed by atoms with E-state index in [-0.39, 0.29) is 24.4 Å². The Morgan fingerprint density at radius 3 is 2.50 bits per heavy atom. The fourth-order valence-electron chi connectivity index (χ4n) is 10.6. The van der Waals surface area contributed by atoms with Gasteiger partial charge in [-0.15, -0.1) is 0 Å². The van der Waals surface area contributed by atoms with Crippen LogP contribution in [0.5, 0.6) is 0 Å². The third kappa shape index (κ3) is 3.31. The number of esters is 1. The van der Waals surface area contributed by atoms with E-state index in [0.29, 0.717) is 40.6 Å². The molecule has 6 fully saturated rings. The van der Waals surface area contributed by atoms with Crippen molar-refractivity contribution in [2.45, 2.75) is 110 Å². The fraction of sp³-hybridized carbons (Fsp3) is 0.966. The van der Waals surface area contributed by atoms with Crippen LogP contribution in [-0.4, -0.2) is 37.1 Å². The highest BCUT2D eigenvalue weighted by Crippen LogP contribution is 2.71. The van der Waals surface area contributed by atoms with Gasteiger partial charge in [-0.2, -0.15) is 0 Å². The molecule has 6 aliphatic rings. The zero-order valence-electron chi connectivity index (χ0n) is 21.9. The lowest BCUT2D eigenvalue weighted by molar-refractivity contribution is -0.273. The molecule has 6 rings (SSSR count). The molecule has 34 heavy (non-hydrogen) atoms. The van der Waals surface area contributed by atoms with Gasteiger partial charge in [0, 0.05) is 12.3 Å². The fourth-order valence-corrected chi connectivity index (χ4v) is 10.6. The largest absolute Gasteiger partial charge is 0.461 e. The van der Waals surface area contributed by atoms with E-state index < -0.39 is 0 Å². The number of hydrogen-bond acceptors (Lipinski definition) is 5. The molecular weight excluding hydrogens is 426 g/mol.